The average Bonchev–Trinajstić information content (AvgIpc) is 3.65. The maximum absolute atomic E-state index is 13.6. The minimum Gasteiger partial charge on any atom is -0.507 e. The number of amides is 1. The third kappa shape index (κ3) is 8.10. The summed E-state index contributed by atoms with van der Waals surface area (Å²) in [5.41, 5.74) is 2.07. The zero-order valence-corrected chi connectivity index (χ0v) is 28.2. The van der Waals surface area contributed by atoms with Gasteiger partial charge in [0.05, 0.1) is 24.8 Å². The second-order valence-electron chi connectivity index (χ2n) is 10.8. The summed E-state index contributed by atoms with van der Waals surface area (Å²) in [6.45, 7) is 5.42. The molecule has 0 bridgehead atoms. The van der Waals surface area contributed by atoms with Crippen LogP contribution < -0.4 is 14.4 Å². The molecule has 1 aliphatic rings. The number of rotatable bonds is 15. The van der Waals surface area contributed by atoms with Crippen molar-refractivity contribution in [3.8, 4) is 11.5 Å². The number of aliphatic hydroxyl groups is 1. The molecule has 240 valence electrons. The molecule has 1 saturated heterocycles. The first-order chi connectivity index (χ1) is 22.4. The molecule has 0 aliphatic carbocycles. The van der Waals surface area contributed by atoms with Crippen molar-refractivity contribution in [2.24, 2.45) is 0 Å². The topological polar surface area (TPSA) is 102 Å². The van der Waals surface area contributed by atoms with Crippen LogP contribution in [0.25, 0.3) is 5.76 Å². The number of aromatic nitrogens is 2. The maximum atomic E-state index is 13.6. The molecular weight excluding hydrogens is 642 g/mol. The number of hydrogen-bond acceptors (Lipinski definition) is 9. The Balaban J connectivity index is 1.46. The van der Waals surface area contributed by atoms with E-state index in [0.717, 1.165) is 37.7 Å². The van der Waals surface area contributed by atoms with Gasteiger partial charge in [-0.2, -0.15) is 0 Å². The molecule has 3 aromatic carbocycles. The first-order valence-electron chi connectivity index (χ1n) is 15.4. The van der Waals surface area contributed by atoms with Gasteiger partial charge in [-0.25, -0.2) is 0 Å². The number of unbranched alkanes of at least 4 members (excludes halogenated alkanes) is 3. The highest BCUT2D eigenvalue weighted by Crippen LogP contribution is 2.44. The van der Waals surface area contributed by atoms with Gasteiger partial charge in [0.15, 0.2) is 4.34 Å². The predicted octanol–water partition coefficient (Wildman–Crippen LogP) is 8.86. The number of ketones is 1. The Morgan fingerprint density at radius 1 is 0.870 bits per heavy atom. The Morgan fingerprint density at radius 3 is 2.15 bits per heavy atom. The van der Waals surface area contributed by atoms with Crippen molar-refractivity contribution < 1.29 is 24.2 Å². The summed E-state index contributed by atoms with van der Waals surface area (Å²) in [6, 6.07) is 20.7. The van der Waals surface area contributed by atoms with Crippen molar-refractivity contribution in [3.05, 3.63) is 100 Å². The Labute approximate surface area is 282 Å². The fourth-order valence-corrected chi connectivity index (χ4v) is 6.87. The van der Waals surface area contributed by atoms with Crippen molar-refractivity contribution in [1.29, 1.82) is 0 Å². The van der Waals surface area contributed by atoms with Crippen LogP contribution in [0.5, 0.6) is 11.5 Å². The van der Waals surface area contributed by atoms with Crippen molar-refractivity contribution in [1.82, 2.24) is 10.2 Å². The molecule has 5 rings (SSSR count). The van der Waals surface area contributed by atoms with E-state index < -0.39 is 17.7 Å². The summed E-state index contributed by atoms with van der Waals surface area (Å²) in [5.74, 6) is 0.132. The molecule has 8 nitrogen and oxygen atoms in total. The van der Waals surface area contributed by atoms with Crippen LogP contribution in [0, 0.1) is 0 Å². The first kappa shape index (κ1) is 33.5. The quantitative estimate of drug-likeness (QED) is 0.0333. The summed E-state index contributed by atoms with van der Waals surface area (Å²) in [6.07, 6.45) is 5.08. The van der Waals surface area contributed by atoms with Gasteiger partial charge in [0.1, 0.15) is 17.3 Å². The third-order valence-electron chi connectivity index (χ3n) is 7.43. The van der Waals surface area contributed by atoms with E-state index in [1.165, 1.54) is 28.0 Å². The molecule has 1 aliphatic heterocycles. The summed E-state index contributed by atoms with van der Waals surface area (Å²) >= 11 is 8.70. The Kier molecular flexibility index (Phi) is 11.7. The molecule has 0 radical (unpaired) electrons. The Hall–Kier alpha value is -3.86. The fraction of sp³-hybridized carbons (Fsp3) is 0.314. The summed E-state index contributed by atoms with van der Waals surface area (Å²) in [7, 11) is 0. The zero-order valence-electron chi connectivity index (χ0n) is 25.8. The van der Waals surface area contributed by atoms with E-state index in [1.807, 2.05) is 48.5 Å². The first-order valence-corrected chi connectivity index (χ1v) is 17.5. The number of ether oxygens (including phenoxy) is 2. The number of Topliss-reactive ketones (excluding diaryl/α,β-unsaturated/α-hetero) is 1. The number of halogens is 1. The smallest absolute Gasteiger partial charge is 0.301 e. The number of carbonyl (C=O) groups excluding carboxylic acids is 2. The van der Waals surface area contributed by atoms with Crippen LogP contribution >= 0.6 is 34.7 Å². The van der Waals surface area contributed by atoms with Gasteiger partial charge < -0.3 is 14.6 Å². The second-order valence-corrected chi connectivity index (χ2v) is 13.4. The number of carbonyl (C=O) groups is 2. The van der Waals surface area contributed by atoms with Crippen molar-refractivity contribution in [2.45, 2.75) is 62.1 Å². The largest absolute Gasteiger partial charge is 0.507 e. The van der Waals surface area contributed by atoms with Gasteiger partial charge in [-0.15, -0.1) is 10.2 Å². The average molecular weight is 678 g/mol. The van der Waals surface area contributed by atoms with Crippen molar-refractivity contribution >= 4 is 57.3 Å². The molecular formula is C35H36ClN3O5S2. The van der Waals surface area contributed by atoms with Crippen LogP contribution in [-0.4, -0.2) is 40.2 Å². The van der Waals surface area contributed by atoms with Crippen molar-refractivity contribution in [3.63, 3.8) is 0 Å². The number of nitrogens with zero attached hydrogens (tertiary/aromatic N) is 3. The second kappa shape index (κ2) is 16.1. The third-order valence-corrected chi connectivity index (χ3v) is 9.81. The Morgan fingerprint density at radius 2 is 1.50 bits per heavy atom. The molecule has 11 heteroatoms. The van der Waals surface area contributed by atoms with Gasteiger partial charge in [-0.1, -0.05) is 92.1 Å². The maximum Gasteiger partial charge on any atom is 0.301 e. The molecule has 1 atom stereocenters. The molecule has 1 unspecified atom stereocenters. The lowest BCUT2D eigenvalue weighted by atomic mass is 9.95. The minimum absolute atomic E-state index is 0.0215. The lowest BCUT2D eigenvalue weighted by Gasteiger charge is -2.22. The van der Waals surface area contributed by atoms with E-state index in [4.69, 9.17) is 21.1 Å². The number of aliphatic hydroxyl groups excluding tert-OH is 1. The molecule has 1 N–H and O–H groups in total. The molecule has 46 heavy (non-hydrogen) atoms. The summed E-state index contributed by atoms with van der Waals surface area (Å²) in [5, 5.41) is 21.1. The SMILES string of the molecule is CCCCCOc1ccc(C2/C(=C(\O)c3ccc(OCCCC)cc3)C(=O)C(=O)N2c2nnc(SCc3ccc(Cl)cc3)s2)cc1. The summed E-state index contributed by atoms with van der Waals surface area (Å²) < 4.78 is 12.3. The monoisotopic (exact) mass is 677 g/mol. The highest BCUT2D eigenvalue weighted by atomic mass is 35.5. The molecule has 4 aromatic rings. The van der Waals surface area contributed by atoms with Crippen LogP contribution in [0.1, 0.15) is 68.7 Å². The van der Waals surface area contributed by atoms with Gasteiger partial charge in [-0.05, 0) is 72.5 Å². The van der Waals surface area contributed by atoms with Gasteiger partial charge >= 0.3 is 5.91 Å². The summed E-state index contributed by atoms with van der Waals surface area (Å²) in [4.78, 5) is 28.6. The van der Waals surface area contributed by atoms with Crippen LogP contribution in [0.4, 0.5) is 5.13 Å². The minimum atomic E-state index is -0.920. The molecule has 1 amide bonds. The number of hydrogen-bond donors (Lipinski definition) is 1. The van der Waals surface area contributed by atoms with Gasteiger partial charge in [0, 0.05) is 16.3 Å². The normalized spacial score (nSPS) is 15.8. The van der Waals surface area contributed by atoms with E-state index in [9.17, 15) is 14.7 Å². The predicted molar refractivity (Wildman–Crippen MR) is 184 cm³/mol. The Bertz CT molecular complexity index is 1660. The number of anilines is 1. The van der Waals surface area contributed by atoms with Gasteiger partial charge in [0.2, 0.25) is 5.13 Å². The van der Waals surface area contributed by atoms with Crippen LogP contribution in [0.15, 0.2) is 82.7 Å². The van der Waals surface area contributed by atoms with Crippen LogP contribution in [0.2, 0.25) is 5.02 Å². The van der Waals surface area contributed by atoms with E-state index in [0.29, 0.717) is 51.0 Å². The van der Waals surface area contributed by atoms with Crippen molar-refractivity contribution in [2.75, 3.05) is 18.1 Å². The van der Waals surface area contributed by atoms with Crippen LogP contribution in [-0.2, 0) is 15.3 Å². The zero-order chi connectivity index (χ0) is 32.5. The lowest BCUT2D eigenvalue weighted by Crippen LogP contribution is -2.29. The highest BCUT2D eigenvalue weighted by Gasteiger charge is 2.48. The molecule has 0 spiro atoms. The highest BCUT2D eigenvalue weighted by molar-refractivity contribution is 8.00. The van der Waals surface area contributed by atoms with Gasteiger partial charge in [-0.3, -0.25) is 14.5 Å². The van der Waals surface area contributed by atoms with Gasteiger partial charge in [0.25, 0.3) is 5.78 Å². The number of benzene rings is 3. The molecule has 2 heterocycles. The molecule has 1 fully saturated rings. The lowest BCUT2D eigenvalue weighted by molar-refractivity contribution is -0.132. The van der Waals surface area contributed by atoms with E-state index in [-0.39, 0.29) is 16.5 Å². The molecule has 0 saturated carbocycles. The van der Waals surface area contributed by atoms with E-state index >= 15 is 0 Å². The van der Waals surface area contributed by atoms with E-state index in [1.54, 1.807) is 24.3 Å². The fourth-order valence-electron chi connectivity index (χ4n) is 4.92. The molecule has 1 aromatic heterocycles. The standard InChI is InChI=1S/C35H36ClN3O5S2/c1-3-5-7-21-44-27-16-10-24(11-17-27)30-29(31(40)25-12-18-28(19-13-25)43-20-6-4-2)32(41)33(42)39(30)34-37-38-35(46-34)45-22-23-8-14-26(36)15-9-23/h8-19,30,40H,3-7,20-22H2,1-2H3/b31-29+. The van der Waals surface area contributed by atoms with E-state index in [2.05, 4.69) is 24.0 Å². The number of thioether (sulfide) groups is 1. The van der Waals surface area contributed by atoms with Crippen LogP contribution in [0.3, 0.4) is 0 Å².